The summed E-state index contributed by atoms with van der Waals surface area (Å²) in [5.74, 6) is 0.318. The molecule has 1 aromatic rings. The van der Waals surface area contributed by atoms with Gasteiger partial charge < -0.3 is 5.11 Å². The van der Waals surface area contributed by atoms with Crippen LogP contribution in [0.2, 0.25) is 0 Å². The maximum Gasteiger partial charge on any atom is 0.116 e. The fourth-order valence-electron chi connectivity index (χ4n) is 2.01. The van der Waals surface area contributed by atoms with Gasteiger partial charge in [0.2, 0.25) is 0 Å². The zero-order valence-electron chi connectivity index (χ0n) is 12.0. The van der Waals surface area contributed by atoms with E-state index in [-0.39, 0.29) is 0 Å². The van der Waals surface area contributed by atoms with Crippen LogP contribution in [0.5, 0.6) is 5.75 Å². The molecule has 0 aliphatic carbocycles. The van der Waals surface area contributed by atoms with Gasteiger partial charge >= 0.3 is 0 Å². The minimum atomic E-state index is 0.318. The van der Waals surface area contributed by atoms with Crippen LogP contribution in [0.25, 0.3) is 6.08 Å². The smallest absolute Gasteiger partial charge is 0.116 e. The molecule has 0 aliphatic rings. The first kappa shape index (κ1) is 15.6. The van der Waals surface area contributed by atoms with Crippen LogP contribution >= 0.6 is 0 Å². The van der Waals surface area contributed by atoms with Crippen LogP contribution in [-0.4, -0.2) is 5.11 Å². The zero-order chi connectivity index (χ0) is 13.8. The number of benzene rings is 1. The first-order valence-corrected chi connectivity index (χ1v) is 7.45. The molecule has 1 nitrogen and oxygen atoms in total. The lowest BCUT2D eigenvalue weighted by atomic mass is 10.1. The van der Waals surface area contributed by atoms with E-state index in [0.29, 0.717) is 5.75 Å². The van der Waals surface area contributed by atoms with Crippen LogP contribution in [0.4, 0.5) is 0 Å². The molecule has 19 heavy (non-hydrogen) atoms. The van der Waals surface area contributed by atoms with Gasteiger partial charge in [0, 0.05) is 0 Å². The number of aromatic hydroxyl groups is 1. The molecule has 1 heteroatoms. The van der Waals surface area contributed by atoms with E-state index in [9.17, 15) is 5.11 Å². The van der Waals surface area contributed by atoms with Gasteiger partial charge in [-0.2, -0.15) is 0 Å². The highest BCUT2D eigenvalue weighted by Gasteiger charge is 1.88. The summed E-state index contributed by atoms with van der Waals surface area (Å²) in [5.41, 5.74) is 1.03. The van der Waals surface area contributed by atoms with Gasteiger partial charge in [-0.05, 0) is 30.5 Å². The second-order valence-electron chi connectivity index (χ2n) is 4.94. The summed E-state index contributed by atoms with van der Waals surface area (Å²) in [4.78, 5) is 0. The Morgan fingerprint density at radius 3 is 2.58 bits per heavy atom. The average Bonchev–Trinajstić information content (AvgIpc) is 2.41. The molecule has 0 unspecified atom stereocenters. The number of phenolic OH excluding ortho intramolecular Hbond substituents is 1. The van der Waals surface area contributed by atoms with Crippen molar-refractivity contribution in [3.63, 3.8) is 0 Å². The van der Waals surface area contributed by atoms with E-state index in [1.54, 1.807) is 12.1 Å². The number of phenols is 1. The second kappa shape index (κ2) is 10.4. The third-order valence-electron chi connectivity index (χ3n) is 3.13. The topological polar surface area (TPSA) is 20.2 Å². The SMILES string of the molecule is CCCCCCCCC=CC=Cc1cccc(O)c1. The quantitative estimate of drug-likeness (QED) is 0.444. The number of hydrogen-bond donors (Lipinski definition) is 1. The molecule has 104 valence electrons. The average molecular weight is 258 g/mol. The molecule has 0 heterocycles. The molecule has 0 spiro atoms. The predicted octanol–water partition coefficient (Wildman–Crippen LogP) is 5.71. The molecule has 0 radical (unpaired) electrons. The zero-order valence-corrected chi connectivity index (χ0v) is 12.0. The summed E-state index contributed by atoms with van der Waals surface area (Å²) in [6, 6.07) is 7.29. The maximum absolute atomic E-state index is 9.32. The molecule has 0 fully saturated rings. The van der Waals surface area contributed by atoms with Gasteiger partial charge in [-0.1, -0.05) is 75.5 Å². The van der Waals surface area contributed by atoms with E-state index in [1.807, 2.05) is 24.3 Å². The number of rotatable bonds is 9. The molecule has 1 N–H and O–H groups in total. The fraction of sp³-hybridized carbons (Fsp3) is 0.444. The predicted molar refractivity (Wildman–Crippen MR) is 84.3 cm³/mol. The van der Waals surface area contributed by atoms with Gasteiger partial charge in [0.1, 0.15) is 5.75 Å². The van der Waals surface area contributed by atoms with Crippen molar-refractivity contribution >= 4 is 6.08 Å². The molecule has 0 aromatic heterocycles. The normalized spacial score (nSPS) is 11.6. The Bertz CT molecular complexity index is 390. The van der Waals surface area contributed by atoms with Crippen LogP contribution in [-0.2, 0) is 0 Å². The van der Waals surface area contributed by atoms with Crippen molar-refractivity contribution in [2.75, 3.05) is 0 Å². The highest BCUT2D eigenvalue weighted by atomic mass is 16.3. The Labute approximate surface area is 117 Å². The van der Waals surface area contributed by atoms with E-state index in [4.69, 9.17) is 0 Å². The van der Waals surface area contributed by atoms with E-state index >= 15 is 0 Å². The number of hydrogen-bond acceptors (Lipinski definition) is 1. The highest BCUT2D eigenvalue weighted by molar-refractivity contribution is 5.52. The van der Waals surface area contributed by atoms with E-state index in [0.717, 1.165) is 12.0 Å². The lowest BCUT2D eigenvalue weighted by Gasteiger charge is -1.97. The standard InChI is InChI=1S/C18H26O/c1-2-3-4-5-6-7-8-9-10-11-13-17-14-12-15-18(19)16-17/h9-16,19H,2-8H2,1H3. The monoisotopic (exact) mass is 258 g/mol. The Hall–Kier alpha value is -1.50. The maximum atomic E-state index is 9.32. The first-order chi connectivity index (χ1) is 9.33. The minimum Gasteiger partial charge on any atom is -0.508 e. The van der Waals surface area contributed by atoms with Crippen molar-refractivity contribution in [1.82, 2.24) is 0 Å². The van der Waals surface area contributed by atoms with Crippen LogP contribution in [0.3, 0.4) is 0 Å². The summed E-state index contributed by atoms with van der Waals surface area (Å²) in [6.45, 7) is 2.25. The fourth-order valence-corrected chi connectivity index (χ4v) is 2.01. The van der Waals surface area contributed by atoms with Crippen molar-refractivity contribution in [2.45, 2.75) is 51.9 Å². The number of unbranched alkanes of at least 4 members (excludes halogenated alkanes) is 6. The van der Waals surface area contributed by atoms with Gasteiger partial charge in [-0.25, -0.2) is 0 Å². The molecule has 0 bridgehead atoms. The summed E-state index contributed by atoms with van der Waals surface area (Å²) >= 11 is 0. The Kier molecular flexibility index (Phi) is 8.54. The molecule has 0 atom stereocenters. The highest BCUT2D eigenvalue weighted by Crippen LogP contribution is 2.12. The van der Waals surface area contributed by atoms with Gasteiger partial charge in [0.15, 0.2) is 0 Å². The van der Waals surface area contributed by atoms with Crippen LogP contribution < -0.4 is 0 Å². The van der Waals surface area contributed by atoms with Crippen molar-refractivity contribution < 1.29 is 5.11 Å². The Balaban J connectivity index is 2.10. The molecule has 1 rings (SSSR count). The Morgan fingerprint density at radius 1 is 1.00 bits per heavy atom. The third-order valence-corrected chi connectivity index (χ3v) is 3.13. The van der Waals surface area contributed by atoms with Crippen LogP contribution in [0, 0.1) is 0 Å². The second-order valence-corrected chi connectivity index (χ2v) is 4.94. The van der Waals surface area contributed by atoms with Crippen molar-refractivity contribution in [3.8, 4) is 5.75 Å². The lowest BCUT2D eigenvalue weighted by Crippen LogP contribution is -1.77. The largest absolute Gasteiger partial charge is 0.508 e. The van der Waals surface area contributed by atoms with E-state index < -0.39 is 0 Å². The van der Waals surface area contributed by atoms with Gasteiger partial charge in [-0.15, -0.1) is 0 Å². The van der Waals surface area contributed by atoms with Gasteiger partial charge in [-0.3, -0.25) is 0 Å². The summed E-state index contributed by atoms with van der Waals surface area (Å²) in [7, 11) is 0. The molecular formula is C18H26O. The minimum absolute atomic E-state index is 0.318. The summed E-state index contributed by atoms with van der Waals surface area (Å²) < 4.78 is 0. The van der Waals surface area contributed by atoms with Crippen LogP contribution in [0.15, 0.2) is 42.5 Å². The number of allylic oxidation sites excluding steroid dienone is 3. The van der Waals surface area contributed by atoms with Crippen molar-refractivity contribution in [3.05, 3.63) is 48.1 Å². The molecule has 0 aliphatic heterocycles. The van der Waals surface area contributed by atoms with Crippen LogP contribution in [0.1, 0.15) is 57.4 Å². The molecular weight excluding hydrogens is 232 g/mol. The van der Waals surface area contributed by atoms with E-state index in [2.05, 4.69) is 19.1 Å². The van der Waals surface area contributed by atoms with Gasteiger partial charge in [0.05, 0.1) is 0 Å². The summed E-state index contributed by atoms with van der Waals surface area (Å²) in [5, 5.41) is 9.32. The molecule has 0 saturated carbocycles. The summed E-state index contributed by atoms with van der Waals surface area (Å²) in [6.07, 6.45) is 17.6. The molecule has 0 saturated heterocycles. The Morgan fingerprint density at radius 2 is 1.79 bits per heavy atom. The third kappa shape index (κ3) is 8.25. The molecule has 0 amide bonds. The van der Waals surface area contributed by atoms with E-state index in [1.165, 1.54) is 38.5 Å². The van der Waals surface area contributed by atoms with Crippen molar-refractivity contribution in [1.29, 1.82) is 0 Å². The molecule has 1 aromatic carbocycles. The van der Waals surface area contributed by atoms with Gasteiger partial charge in [0.25, 0.3) is 0 Å². The first-order valence-electron chi connectivity index (χ1n) is 7.45. The lowest BCUT2D eigenvalue weighted by molar-refractivity contribution is 0.475. The van der Waals surface area contributed by atoms with Crippen molar-refractivity contribution in [2.24, 2.45) is 0 Å².